The fraction of sp³-hybridized carbons (Fsp3) is 0.333. The van der Waals surface area contributed by atoms with Gasteiger partial charge in [-0.2, -0.15) is 0 Å². The number of hydrogen-bond acceptors (Lipinski definition) is 2. The standard InChI is InChI=1S/C15H19NS/c1-13(16-12-15-8-5-11-17-15)9-10-14-6-3-2-4-7-14/h2-8,11,13,16H,9-10,12H2,1H3. The van der Waals surface area contributed by atoms with Crippen molar-refractivity contribution in [2.75, 3.05) is 0 Å². The van der Waals surface area contributed by atoms with Crippen molar-refractivity contribution in [2.45, 2.75) is 32.4 Å². The molecule has 0 bridgehead atoms. The average Bonchev–Trinajstić information content (AvgIpc) is 2.88. The highest BCUT2D eigenvalue weighted by Gasteiger charge is 2.02. The summed E-state index contributed by atoms with van der Waals surface area (Å²) in [4.78, 5) is 1.41. The Balaban J connectivity index is 1.69. The van der Waals surface area contributed by atoms with Crippen LogP contribution in [0.1, 0.15) is 23.8 Å². The summed E-state index contributed by atoms with van der Waals surface area (Å²) in [5.74, 6) is 0. The first-order valence-electron chi connectivity index (χ1n) is 6.14. The zero-order valence-electron chi connectivity index (χ0n) is 10.2. The van der Waals surface area contributed by atoms with Crippen LogP contribution in [0.2, 0.25) is 0 Å². The number of aryl methyl sites for hydroxylation is 1. The minimum absolute atomic E-state index is 0.567. The SMILES string of the molecule is CC(CCc1ccccc1)NCc1cccs1. The van der Waals surface area contributed by atoms with E-state index in [-0.39, 0.29) is 0 Å². The van der Waals surface area contributed by atoms with Gasteiger partial charge in [0, 0.05) is 17.5 Å². The second kappa shape index (κ2) is 6.58. The molecule has 0 fully saturated rings. The van der Waals surface area contributed by atoms with Gasteiger partial charge >= 0.3 is 0 Å². The van der Waals surface area contributed by atoms with Gasteiger partial charge in [0.1, 0.15) is 0 Å². The monoisotopic (exact) mass is 245 g/mol. The Hall–Kier alpha value is -1.12. The van der Waals surface area contributed by atoms with Crippen LogP contribution in [0.3, 0.4) is 0 Å². The van der Waals surface area contributed by atoms with Crippen LogP contribution >= 0.6 is 11.3 Å². The van der Waals surface area contributed by atoms with Gasteiger partial charge in [0.2, 0.25) is 0 Å². The summed E-state index contributed by atoms with van der Waals surface area (Å²) in [6.07, 6.45) is 2.34. The molecule has 1 aromatic carbocycles. The Morgan fingerprint density at radius 2 is 1.94 bits per heavy atom. The second-order valence-electron chi connectivity index (χ2n) is 4.39. The third-order valence-corrected chi connectivity index (χ3v) is 3.79. The Morgan fingerprint density at radius 1 is 1.12 bits per heavy atom. The van der Waals surface area contributed by atoms with E-state index in [1.54, 1.807) is 0 Å². The van der Waals surface area contributed by atoms with Crippen LogP contribution in [-0.4, -0.2) is 6.04 Å². The largest absolute Gasteiger partial charge is 0.309 e. The normalized spacial score (nSPS) is 12.5. The van der Waals surface area contributed by atoms with Crippen molar-refractivity contribution >= 4 is 11.3 Å². The lowest BCUT2D eigenvalue weighted by Crippen LogP contribution is -2.25. The Morgan fingerprint density at radius 3 is 2.65 bits per heavy atom. The maximum Gasteiger partial charge on any atom is 0.0302 e. The molecule has 1 atom stereocenters. The molecule has 1 heterocycles. The molecule has 1 aromatic heterocycles. The number of thiophene rings is 1. The molecule has 0 amide bonds. The highest BCUT2D eigenvalue weighted by Crippen LogP contribution is 2.09. The van der Waals surface area contributed by atoms with Crippen LogP contribution in [-0.2, 0) is 13.0 Å². The summed E-state index contributed by atoms with van der Waals surface area (Å²) in [5, 5.41) is 5.70. The predicted octanol–water partition coefficient (Wildman–Crippen LogP) is 3.86. The van der Waals surface area contributed by atoms with E-state index in [0.29, 0.717) is 6.04 Å². The van der Waals surface area contributed by atoms with E-state index < -0.39 is 0 Å². The van der Waals surface area contributed by atoms with E-state index in [9.17, 15) is 0 Å². The van der Waals surface area contributed by atoms with Crippen LogP contribution in [0.5, 0.6) is 0 Å². The van der Waals surface area contributed by atoms with E-state index in [1.165, 1.54) is 16.9 Å². The summed E-state index contributed by atoms with van der Waals surface area (Å²) < 4.78 is 0. The van der Waals surface area contributed by atoms with Gasteiger partial charge in [0.25, 0.3) is 0 Å². The van der Waals surface area contributed by atoms with Crippen LogP contribution in [0, 0.1) is 0 Å². The molecule has 0 aliphatic carbocycles. The van der Waals surface area contributed by atoms with E-state index in [2.05, 4.69) is 60.1 Å². The molecular weight excluding hydrogens is 226 g/mol. The first-order chi connectivity index (χ1) is 8.34. The first kappa shape index (κ1) is 12.3. The first-order valence-corrected chi connectivity index (χ1v) is 7.02. The van der Waals surface area contributed by atoms with E-state index in [1.807, 2.05) is 11.3 Å². The van der Waals surface area contributed by atoms with Gasteiger partial charge in [-0.25, -0.2) is 0 Å². The van der Waals surface area contributed by atoms with Crippen molar-refractivity contribution in [1.82, 2.24) is 5.32 Å². The molecule has 0 saturated carbocycles. The zero-order valence-corrected chi connectivity index (χ0v) is 11.0. The van der Waals surface area contributed by atoms with E-state index >= 15 is 0 Å². The molecule has 1 N–H and O–H groups in total. The van der Waals surface area contributed by atoms with Crippen molar-refractivity contribution in [1.29, 1.82) is 0 Å². The number of hydrogen-bond donors (Lipinski definition) is 1. The summed E-state index contributed by atoms with van der Waals surface area (Å²) in [6, 6.07) is 15.5. The highest BCUT2D eigenvalue weighted by atomic mass is 32.1. The van der Waals surface area contributed by atoms with Crippen LogP contribution < -0.4 is 5.32 Å². The second-order valence-corrected chi connectivity index (χ2v) is 5.42. The molecule has 17 heavy (non-hydrogen) atoms. The molecule has 2 aromatic rings. The molecular formula is C15H19NS. The van der Waals surface area contributed by atoms with Crippen molar-refractivity contribution in [3.8, 4) is 0 Å². The average molecular weight is 245 g/mol. The van der Waals surface area contributed by atoms with E-state index in [0.717, 1.165) is 13.0 Å². The number of benzene rings is 1. The van der Waals surface area contributed by atoms with Crippen molar-refractivity contribution < 1.29 is 0 Å². The maximum absolute atomic E-state index is 3.57. The minimum atomic E-state index is 0.567. The lowest BCUT2D eigenvalue weighted by molar-refractivity contribution is 0.517. The van der Waals surface area contributed by atoms with Crippen LogP contribution in [0.15, 0.2) is 47.8 Å². The molecule has 0 saturated heterocycles. The molecule has 90 valence electrons. The number of nitrogens with one attached hydrogen (secondary N) is 1. The summed E-state index contributed by atoms with van der Waals surface area (Å²) >= 11 is 1.82. The lowest BCUT2D eigenvalue weighted by Gasteiger charge is -2.12. The Bertz CT molecular complexity index is 408. The third-order valence-electron chi connectivity index (χ3n) is 2.91. The zero-order chi connectivity index (χ0) is 11.9. The fourth-order valence-corrected chi connectivity index (χ4v) is 2.47. The molecule has 0 radical (unpaired) electrons. The van der Waals surface area contributed by atoms with Gasteiger partial charge in [0.05, 0.1) is 0 Å². The van der Waals surface area contributed by atoms with Crippen LogP contribution in [0.4, 0.5) is 0 Å². The summed E-state index contributed by atoms with van der Waals surface area (Å²) in [6.45, 7) is 3.25. The quantitative estimate of drug-likeness (QED) is 0.815. The van der Waals surface area contributed by atoms with Crippen LogP contribution in [0.25, 0.3) is 0 Å². The molecule has 1 nitrogen and oxygen atoms in total. The highest BCUT2D eigenvalue weighted by molar-refractivity contribution is 7.09. The third kappa shape index (κ3) is 4.33. The minimum Gasteiger partial charge on any atom is -0.309 e. The Labute approximate surface area is 108 Å². The summed E-state index contributed by atoms with van der Waals surface area (Å²) in [7, 11) is 0. The molecule has 0 spiro atoms. The van der Waals surface area contributed by atoms with Gasteiger partial charge in [-0.1, -0.05) is 36.4 Å². The van der Waals surface area contributed by atoms with Crippen molar-refractivity contribution in [3.63, 3.8) is 0 Å². The summed E-state index contributed by atoms with van der Waals surface area (Å²) in [5.41, 5.74) is 1.43. The van der Waals surface area contributed by atoms with Crippen molar-refractivity contribution in [2.24, 2.45) is 0 Å². The van der Waals surface area contributed by atoms with Crippen molar-refractivity contribution in [3.05, 3.63) is 58.3 Å². The fourth-order valence-electron chi connectivity index (χ4n) is 1.82. The van der Waals surface area contributed by atoms with Gasteiger partial charge < -0.3 is 5.32 Å². The molecule has 0 aliphatic rings. The van der Waals surface area contributed by atoms with E-state index in [4.69, 9.17) is 0 Å². The lowest BCUT2D eigenvalue weighted by atomic mass is 10.1. The van der Waals surface area contributed by atoms with Gasteiger partial charge in [-0.15, -0.1) is 11.3 Å². The molecule has 1 unspecified atom stereocenters. The number of rotatable bonds is 6. The van der Waals surface area contributed by atoms with Gasteiger partial charge in [-0.05, 0) is 36.8 Å². The maximum atomic E-state index is 3.57. The predicted molar refractivity (Wildman–Crippen MR) is 75.4 cm³/mol. The Kier molecular flexibility index (Phi) is 4.77. The smallest absolute Gasteiger partial charge is 0.0302 e. The molecule has 2 heteroatoms. The van der Waals surface area contributed by atoms with Gasteiger partial charge in [-0.3, -0.25) is 0 Å². The topological polar surface area (TPSA) is 12.0 Å². The van der Waals surface area contributed by atoms with Gasteiger partial charge in [0.15, 0.2) is 0 Å². The molecule has 0 aliphatic heterocycles. The molecule has 2 rings (SSSR count).